The van der Waals surface area contributed by atoms with Crippen LogP contribution in [0, 0.1) is 5.92 Å². The van der Waals surface area contributed by atoms with Crippen molar-refractivity contribution in [2.24, 2.45) is 5.92 Å². The van der Waals surface area contributed by atoms with Crippen LogP contribution in [0.2, 0.25) is 0 Å². The third-order valence-electron chi connectivity index (χ3n) is 3.59. The van der Waals surface area contributed by atoms with Crippen molar-refractivity contribution in [1.29, 1.82) is 0 Å². The molecule has 4 nitrogen and oxygen atoms in total. The quantitative estimate of drug-likeness (QED) is 0.898. The second-order valence-electron chi connectivity index (χ2n) is 5.54. The lowest BCUT2D eigenvalue weighted by Gasteiger charge is -2.35. The van der Waals surface area contributed by atoms with Crippen LogP contribution in [0.3, 0.4) is 0 Å². The summed E-state index contributed by atoms with van der Waals surface area (Å²) in [7, 11) is 0. The Morgan fingerprint density at radius 3 is 2.90 bits per heavy atom. The monoisotopic (exact) mass is 289 g/mol. The van der Waals surface area contributed by atoms with Crippen molar-refractivity contribution in [1.82, 2.24) is 9.97 Å². The minimum atomic E-state index is -4.49. The van der Waals surface area contributed by atoms with E-state index in [0.29, 0.717) is 18.8 Å². The van der Waals surface area contributed by atoms with Crippen molar-refractivity contribution in [3.63, 3.8) is 0 Å². The average Bonchev–Trinajstić information content (AvgIpc) is 2.36. The SMILES string of the molecule is CC1CCCC(O)(CNc2nccc(C(F)(F)F)n2)C1. The first-order valence-electron chi connectivity index (χ1n) is 6.65. The third-order valence-corrected chi connectivity index (χ3v) is 3.59. The molecule has 0 amide bonds. The summed E-state index contributed by atoms with van der Waals surface area (Å²) in [5, 5.41) is 13.1. The van der Waals surface area contributed by atoms with Gasteiger partial charge in [0, 0.05) is 12.7 Å². The van der Waals surface area contributed by atoms with Crippen molar-refractivity contribution in [2.75, 3.05) is 11.9 Å². The van der Waals surface area contributed by atoms with E-state index in [4.69, 9.17) is 0 Å². The highest BCUT2D eigenvalue weighted by atomic mass is 19.4. The Balaban J connectivity index is 2.00. The van der Waals surface area contributed by atoms with E-state index >= 15 is 0 Å². The van der Waals surface area contributed by atoms with Gasteiger partial charge in [-0.25, -0.2) is 9.97 Å². The van der Waals surface area contributed by atoms with Crippen molar-refractivity contribution in [3.8, 4) is 0 Å². The molecule has 1 fully saturated rings. The van der Waals surface area contributed by atoms with Crippen LogP contribution in [0.4, 0.5) is 19.1 Å². The Kier molecular flexibility index (Phi) is 4.17. The summed E-state index contributed by atoms with van der Waals surface area (Å²) in [6, 6.07) is 0.822. The number of hydrogen-bond acceptors (Lipinski definition) is 4. The number of nitrogens with one attached hydrogen (secondary N) is 1. The number of halogens is 3. The van der Waals surface area contributed by atoms with Gasteiger partial charge >= 0.3 is 6.18 Å². The summed E-state index contributed by atoms with van der Waals surface area (Å²) in [4.78, 5) is 7.17. The molecule has 0 radical (unpaired) electrons. The fraction of sp³-hybridized carbons (Fsp3) is 0.692. The van der Waals surface area contributed by atoms with Gasteiger partial charge in [0.1, 0.15) is 5.69 Å². The van der Waals surface area contributed by atoms with Gasteiger partial charge in [0.25, 0.3) is 0 Å². The number of alkyl halides is 3. The Morgan fingerprint density at radius 1 is 1.50 bits per heavy atom. The van der Waals surface area contributed by atoms with Gasteiger partial charge in [-0.1, -0.05) is 19.8 Å². The van der Waals surface area contributed by atoms with Gasteiger partial charge in [0.2, 0.25) is 5.95 Å². The van der Waals surface area contributed by atoms with Gasteiger partial charge in [-0.3, -0.25) is 0 Å². The van der Waals surface area contributed by atoms with Crippen molar-refractivity contribution in [3.05, 3.63) is 18.0 Å². The minimum Gasteiger partial charge on any atom is -0.388 e. The summed E-state index contributed by atoms with van der Waals surface area (Å²) >= 11 is 0. The molecule has 1 aliphatic carbocycles. The van der Waals surface area contributed by atoms with E-state index in [1.807, 2.05) is 0 Å². The lowest BCUT2D eigenvalue weighted by Crippen LogP contribution is -2.41. The van der Waals surface area contributed by atoms with Crippen LogP contribution in [-0.4, -0.2) is 27.2 Å². The first-order valence-corrected chi connectivity index (χ1v) is 6.65. The predicted octanol–water partition coefficient (Wildman–Crippen LogP) is 2.85. The van der Waals surface area contributed by atoms with Crippen molar-refractivity contribution in [2.45, 2.75) is 44.4 Å². The highest BCUT2D eigenvalue weighted by Crippen LogP contribution is 2.32. The van der Waals surface area contributed by atoms with Crippen LogP contribution in [-0.2, 0) is 6.18 Å². The van der Waals surface area contributed by atoms with E-state index in [0.717, 1.165) is 25.1 Å². The number of aromatic nitrogens is 2. The fourth-order valence-electron chi connectivity index (χ4n) is 2.64. The third kappa shape index (κ3) is 3.82. The molecule has 0 bridgehead atoms. The molecule has 0 aromatic carbocycles. The number of rotatable bonds is 3. The first-order chi connectivity index (χ1) is 9.28. The summed E-state index contributed by atoms with van der Waals surface area (Å²) in [5.74, 6) is 0.310. The minimum absolute atomic E-state index is 0.105. The van der Waals surface area contributed by atoms with Gasteiger partial charge in [-0.15, -0.1) is 0 Å². The maximum absolute atomic E-state index is 12.5. The Morgan fingerprint density at radius 2 is 2.25 bits per heavy atom. The zero-order chi connectivity index (χ0) is 14.8. The second-order valence-corrected chi connectivity index (χ2v) is 5.54. The van der Waals surface area contributed by atoms with Crippen LogP contribution >= 0.6 is 0 Å². The molecule has 2 unspecified atom stereocenters. The second kappa shape index (κ2) is 5.55. The molecule has 2 N–H and O–H groups in total. The predicted molar refractivity (Wildman–Crippen MR) is 68.1 cm³/mol. The summed E-state index contributed by atoms with van der Waals surface area (Å²) in [6.45, 7) is 2.23. The van der Waals surface area contributed by atoms with Gasteiger partial charge < -0.3 is 10.4 Å². The number of nitrogens with zero attached hydrogens (tertiary/aromatic N) is 2. The van der Waals surface area contributed by atoms with E-state index in [9.17, 15) is 18.3 Å². The maximum Gasteiger partial charge on any atom is 0.433 e. The average molecular weight is 289 g/mol. The Hall–Kier alpha value is -1.37. The number of anilines is 1. The van der Waals surface area contributed by atoms with Gasteiger partial charge in [0.15, 0.2) is 0 Å². The molecule has 0 spiro atoms. The molecule has 7 heteroatoms. The van der Waals surface area contributed by atoms with Crippen LogP contribution in [0.25, 0.3) is 0 Å². The van der Waals surface area contributed by atoms with Gasteiger partial charge in [-0.2, -0.15) is 13.2 Å². The highest BCUT2D eigenvalue weighted by Gasteiger charge is 2.34. The van der Waals surface area contributed by atoms with E-state index in [-0.39, 0.29) is 12.5 Å². The lowest BCUT2D eigenvalue weighted by molar-refractivity contribution is -0.141. The van der Waals surface area contributed by atoms with Crippen LogP contribution < -0.4 is 5.32 Å². The summed E-state index contributed by atoms with van der Waals surface area (Å²) < 4.78 is 37.6. The molecule has 2 atom stereocenters. The normalized spacial score (nSPS) is 27.4. The van der Waals surface area contributed by atoms with Crippen molar-refractivity contribution < 1.29 is 18.3 Å². The Labute approximate surface area is 115 Å². The molecule has 0 aliphatic heterocycles. The molecule has 1 saturated carbocycles. The zero-order valence-electron chi connectivity index (χ0n) is 11.2. The fourth-order valence-corrected chi connectivity index (χ4v) is 2.64. The topological polar surface area (TPSA) is 58.0 Å². The molecule has 1 aliphatic rings. The molecule has 1 heterocycles. The molecule has 20 heavy (non-hydrogen) atoms. The molecule has 2 rings (SSSR count). The van der Waals surface area contributed by atoms with E-state index in [1.54, 1.807) is 0 Å². The van der Waals surface area contributed by atoms with Crippen LogP contribution in [0.15, 0.2) is 12.3 Å². The molecular weight excluding hydrogens is 271 g/mol. The summed E-state index contributed by atoms with van der Waals surface area (Å²) in [6.07, 6.45) is -0.158. The molecular formula is C13H18F3N3O. The van der Waals surface area contributed by atoms with E-state index in [1.165, 1.54) is 0 Å². The zero-order valence-corrected chi connectivity index (χ0v) is 11.2. The first kappa shape index (κ1) is 15.0. The van der Waals surface area contributed by atoms with Crippen LogP contribution in [0.5, 0.6) is 0 Å². The molecule has 0 saturated heterocycles. The van der Waals surface area contributed by atoms with E-state index in [2.05, 4.69) is 22.2 Å². The number of aliphatic hydroxyl groups is 1. The summed E-state index contributed by atoms with van der Waals surface area (Å²) in [5.41, 5.74) is -1.88. The van der Waals surface area contributed by atoms with E-state index < -0.39 is 17.5 Å². The molecule has 1 aromatic rings. The maximum atomic E-state index is 12.5. The lowest BCUT2D eigenvalue weighted by atomic mass is 9.79. The smallest absolute Gasteiger partial charge is 0.388 e. The molecule has 1 aromatic heterocycles. The Bertz CT molecular complexity index is 466. The standard InChI is InChI=1S/C13H18F3N3O/c1-9-3-2-5-12(20,7-9)8-18-11-17-6-4-10(19-11)13(14,15)16/h4,6,9,20H,2-3,5,7-8H2,1H3,(H,17,18,19). The van der Waals surface area contributed by atoms with Gasteiger partial charge in [-0.05, 0) is 24.8 Å². The van der Waals surface area contributed by atoms with Crippen molar-refractivity contribution >= 4 is 5.95 Å². The highest BCUT2D eigenvalue weighted by molar-refractivity contribution is 5.27. The molecule has 112 valence electrons. The number of hydrogen-bond donors (Lipinski definition) is 2. The van der Waals surface area contributed by atoms with Crippen LogP contribution in [0.1, 0.15) is 38.3 Å². The largest absolute Gasteiger partial charge is 0.433 e. The van der Waals surface area contributed by atoms with Gasteiger partial charge in [0.05, 0.1) is 5.60 Å².